The number of ether oxygens (including phenoxy) is 1. The highest BCUT2D eigenvalue weighted by Gasteiger charge is 2.44. The number of nitrogens with one attached hydrogen (secondary N) is 1. The van der Waals surface area contributed by atoms with Crippen LogP contribution in [0.4, 0.5) is 5.82 Å². The summed E-state index contributed by atoms with van der Waals surface area (Å²) in [6.45, 7) is 4.09. The van der Waals surface area contributed by atoms with Gasteiger partial charge in [0.25, 0.3) is 0 Å². The van der Waals surface area contributed by atoms with Crippen molar-refractivity contribution in [1.82, 2.24) is 9.97 Å². The molecule has 0 amide bonds. The maximum atomic E-state index is 11.4. The number of thioether (sulfide) groups is 1. The monoisotopic (exact) mass is 310 g/mol. The molecular formula is C14H22N4O2S. The van der Waals surface area contributed by atoms with Gasteiger partial charge in [0.15, 0.2) is 0 Å². The standard InChI is InChI=1S/C14H22N4O2S/c1-9(2)13-16-10(18-15)6-11(17-13)21-8-14(4-5-14)7-12(19)20-3/h6,9H,4-5,7-8,15H2,1-3H3,(H,16,17,18). The predicted molar refractivity (Wildman–Crippen MR) is 83.0 cm³/mol. The summed E-state index contributed by atoms with van der Waals surface area (Å²) >= 11 is 1.65. The summed E-state index contributed by atoms with van der Waals surface area (Å²) in [6, 6.07) is 1.84. The predicted octanol–water partition coefficient (Wildman–Crippen LogP) is 2.32. The Morgan fingerprint density at radius 1 is 1.52 bits per heavy atom. The summed E-state index contributed by atoms with van der Waals surface area (Å²) in [5.74, 6) is 7.81. The van der Waals surface area contributed by atoms with Gasteiger partial charge in [0.1, 0.15) is 16.7 Å². The Morgan fingerprint density at radius 2 is 2.24 bits per heavy atom. The fourth-order valence-electron chi connectivity index (χ4n) is 2.00. The lowest BCUT2D eigenvalue weighted by Crippen LogP contribution is -2.14. The van der Waals surface area contributed by atoms with E-state index in [0.717, 1.165) is 29.4 Å². The zero-order valence-corrected chi connectivity index (χ0v) is 13.5. The lowest BCUT2D eigenvalue weighted by atomic mass is 10.1. The Bertz CT molecular complexity index is 518. The maximum absolute atomic E-state index is 11.4. The van der Waals surface area contributed by atoms with Crippen LogP contribution in [0.3, 0.4) is 0 Å². The number of anilines is 1. The molecule has 3 N–H and O–H groups in total. The Morgan fingerprint density at radius 3 is 2.76 bits per heavy atom. The van der Waals surface area contributed by atoms with Gasteiger partial charge in [-0.15, -0.1) is 11.8 Å². The highest BCUT2D eigenvalue weighted by atomic mass is 32.2. The number of carbonyl (C=O) groups excluding carboxylic acids is 1. The van der Waals surface area contributed by atoms with Gasteiger partial charge in [0, 0.05) is 17.7 Å². The van der Waals surface area contributed by atoms with E-state index in [0.29, 0.717) is 12.2 Å². The first kappa shape index (κ1) is 16.0. The minimum absolute atomic E-state index is 0.0804. The lowest BCUT2D eigenvalue weighted by molar-refractivity contribution is -0.141. The fraction of sp³-hybridized carbons (Fsp3) is 0.643. The van der Waals surface area contributed by atoms with Crippen LogP contribution in [-0.4, -0.2) is 28.8 Å². The van der Waals surface area contributed by atoms with E-state index in [1.165, 1.54) is 7.11 Å². The van der Waals surface area contributed by atoms with Crippen LogP contribution >= 0.6 is 11.8 Å². The molecule has 0 aromatic carbocycles. The minimum atomic E-state index is -0.136. The normalized spacial score (nSPS) is 15.9. The van der Waals surface area contributed by atoms with E-state index >= 15 is 0 Å². The summed E-state index contributed by atoms with van der Waals surface area (Å²) in [5, 5.41) is 0.887. The average Bonchev–Trinajstić information content (AvgIpc) is 3.24. The third kappa shape index (κ3) is 4.31. The summed E-state index contributed by atoms with van der Waals surface area (Å²) in [4.78, 5) is 20.3. The first-order valence-corrected chi connectivity index (χ1v) is 8.02. The van der Waals surface area contributed by atoms with Gasteiger partial charge in [-0.2, -0.15) is 0 Å². The van der Waals surface area contributed by atoms with Crippen molar-refractivity contribution in [3.8, 4) is 0 Å². The molecule has 116 valence electrons. The van der Waals surface area contributed by atoms with Crippen molar-refractivity contribution in [2.75, 3.05) is 18.3 Å². The van der Waals surface area contributed by atoms with E-state index < -0.39 is 0 Å². The van der Waals surface area contributed by atoms with E-state index in [9.17, 15) is 4.79 Å². The van der Waals surface area contributed by atoms with Gasteiger partial charge in [0.05, 0.1) is 13.5 Å². The zero-order valence-electron chi connectivity index (χ0n) is 12.7. The number of hydrogen-bond donors (Lipinski definition) is 2. The van der Waals surface area contributed by atoms with Crippen LogP contribution in [0, 0.1) is 5.41 Å². The number of nitrogens with two attached hydrogens (primary N) is 1. The molecule has 1 heterocycles. The van der Waals surface area contributed by atoms with E-state index in [1.54, 1.807) is 11.8 Å². The van der Waals surface area contributed by atoms with Crippen LogP contribution in [0.1, 0.15) is 44.9 Å². The first-order valence-electron chi connectivity index (χ1n) is 7.03. The van der Waals surface area contributed by atoms with Gasteiger partial charge in [-0.05, 0) is 18.3 Å². The molecule has 0 aliphatic heterocycles. The quantitative estimate of drug-likeness (QED) is 0.262. The topological polar surface area (TPSA) is 90.1 Å². The Kier molecular flexibility index (Phi) is 5.05. The van der Waals surface area contributed by atoms with Gasteiger partial charge in [-0.1, -0.05) is 13.8 Å². The number of methoxy groups -OCH3 is 1. The van der Waals surface area contributed by atoms with Gasteiger partial charge in [-0.25, -0.2) is 15.8 Å². The van der Waals surface area contributed by atoms with Gasteiger partial charge < -0.3 is 10.2 Å². The summed E-state index contributed by atoms with van der Waals surface area (Å²) in [7, 11) is 1.43. The van der Waals surface area contributed by atoms with Crippen LogP contribution < -0.4 is 11.3 Å². The molecule has 0 saturated heterocycles. The number of nitrogen functional groups attached to an aromatic ring is 1. The SMILES string of the molecule is COC(=O)CC1(CSc2cc(NN)nc(C(C)C)n2)CC1. The Labute approximate surface area is 129 Å². The molecule has 0 spiro atoms. The average molecular weight is 310 g/mol. The largest absolute Gasteiger partial charge is 0.469 e. The van der Waals surface area contributed by atoms with Crippen molar-refractivity contribution >= 4 is 23.5 Å². The van der Waals surface area contributed by atoms with Gasteiger partial charge in [0.2, 0.25) is 0 Å². The van der Waals surface area contributed by atoms with Crippen molar-refractivity contribution in [3.05, 3.63) is 11.9 Å². The van der Waals surface area contributed by atoms with E-state index in [4.69, 9.17) is 10.6 Å². The molecule has 0 unspecified atom stereocenters. The smallest absolute Gasteiger partial charge is 0.306 e. The third-order valence-electron chi connectivity index (χ3n) is 3.61. The highest BCUT2D eigenvalue weighted by Crippen LogP contribution is 2.52. The molecule has 1 aliphatic rings. The molecule has 7 heteroatoms. The van der Waals surface area contributed by atoms with Crippen LogP contribution in [-0.2, 0) is 9.53 Å². The molecule has 1 aromatic heterocycles. The summed E-state index contributed by atoms with van der Waals surface area (Å²) < 4.78 is 4.76. The summed E-state index contributed by atoms with van der Waals surface area (Å²) in [5.41, 5.74) is 2.66. The Hall–Kier alpha value is -1.34. The van der Waals surface area contributed by atoms with E-state index in [-0.39, 0.29) is 17.3 Å². The first-order chi connectivity index (χ1) is 9.98. The van der Waals surface area contributed by atoms with Crippen molar-refractivity contribution in [1.29, 1.82) is 0 Å². The fourth-order valence-corrected chi connectivity index (χ4v) is 3.20. The number of hydrogen-bond acceptors (Lipinski definition) is 7. The molecular weight excluding hydrogens is 288 g/mol. The molecule has 0 bridgehead atoms. The molecule has 1 aliphatic carbocycles. The maximum Gasteiger partial charge on any atom is 0.306 e. The molecule has 21 heavy (non-hydrogen) atoms. The molecule has 6 nitrogen and oxygen atoms in total. The number of carbonyl (C=O) groups is 1. The number of aromatic nitrogens is 2. The molecule has 1 fully saturated rings. The van der Waals surface area contributed by atoms with E-state index in [1.807, 2.05) is 19.9 Å². The molecule has 0 atom stereocenters. The second-order valence-electron chi connectivity index (χ2n) is 5.79. The van der Waals surface area contributed by atoms with Crippen LogP contribution in [0.15, 0.2) is 11.1 Å². The molecule has 2 rings (SSSR count). The molecule has 1 aromatic rings. The Balaban J connectivity index is 2.03. The number of rotatable bonds is 7. The number of esters is 1. The van der Waals surface area contributed by atoms with Crippen molar-refractivity contribution in [2.45, 2.75) is 44.1 Å². The van der Waals surface area contributed by atoms with Crippen molar-refractivity contribution in [3.63, 3.8) is 0 Å². The van der Waals surface area contributed by atoms with Crippen LogP contribution in [0.2, 0.25) is 0 Å². The number of hydrazine groups is 1. The highest BCUT2D eigenvalue weighted by molar-refractivity contribution is 7.99. The van der Waals surface area contributed by atoms with Gasteiger partial charge in [-0.3, -0.25) is 4.79 Å². The third-order valence-corrected chi connectivity index (χ3v) is 4.88. The van der Waals surface area contributed by atoms with Crippen LogP contribution in [0.5, 0.6) is 0 Å². The molecule has 1 saturated carbocycles. The lowest BCUT2D eigenvalue weighted by Gasteiger charge is -2.14. The zero-order chi connectivity index (χ0) is 15.5. The minimum Gasteiger partial charge on any atom is -0.469 e. The second-order valence-corrected chi connectivity index (χ2v) is 6.79. The van der Waals surface area contributed by atoms with E-state index in [2.05, 4.69) is 15.4 Å². The summed E-state index contributed by atoms with van der Waals surface area (Å²) in [6.07, 6.45) is 2.62. The van der Waals surface area contributed by atoms with Crippen molar-refractivity contribution in [2.24, 2.45) is 11.3 Å². The van der Waals surface area contributed by atoms with Crippen molar-refractivity contribution < 1.29 is 9.53 Å². The number of nitrogens with zero attached hydrogens (tertiary/aromatic N) is 2. The second kappa shape index (κ2) is 6.62. The van der Waals surface area contributed by atoms with Crippen LogP contribution in [0.25, 0.3) is 0 Å². The molecule has 0 radical (unpaired) electrons. The van der Waals surface area contributed by atoms with Gasteiger partial charge >= 0.3 is 5.97 Å².